The Hall–Kier alpha value is -3.26. The highest BCUT2D eigenvalue weighted by Gasteiger charge is 2.45. The second-order valence-electron chi connectivity index (χ2n) is 6.46. The fraction of sp³-hybridized carbons (Fsp3) is 0.200. The SMILES string of the molecule is CC(=O)NN1C(=S)N(c2ccccc2)C(=O)C1CC(=O)Nc1ccc(C)cc1. The van der Waals surface area contributed by atoms with Crippen LogP contribution < -0.4 is 15.6 Å². The largest absolute Gasteiger partial charge is 0.326 e. The number of hydrazine groups is 1. The number of nitrogens with one attached hydrogen (secondary N) is 2. The first-order chi connectivity index (χ1) is 13.4. The Morgan fingerprint density at radius 3 is 2.32 bits per heavy atom. The molecule has 3 rings (SSSR count). The van der Waals surface area contributed by atoms with E-state index >= 15 is 0 Å². The molecule has 8 heteroatoms. The van der Waals surface area contributed by atoms with Gasteiger partial charge in [0.05, 0.1) is 12.1 Å². The molecule has 1 heterocycles. The van der Waals surface area contributed by atoms with Gasteiger partial charge in [0, 0.05) is 12.6 Å². The maximum Gasteiger partial charge on any atom is 0.258 e. The van der Waals surface area contributed by atoms with Gasteiger partial charge in [-0.05, 0) is 43.4 Å². The first-order valence-electron chi connectivity index (χ1n) is 8.73. The second kappa shape index (κ2) is 8.18. The lowest BCUT2D eigenvalue weighted by Crippen LogP contribution is -2.49. The standard InChI is InChI=1S/C20H20N4O3S/c1-13-8-10-15(11-9-13)21-18(26)12-17-19(27)23(16-6-4-3-5-7-16)20(28)24(17)22-14(2)25/h3-11,17H,12H2,1-2H3,(H,21,26)(H,22,25). The summed E-state index contributed by atoms with van der Waals surface area (Å²) in [5.74, 6) is -1.10. The molecule has 3 amide bonds. The maximum absolute atomic E-state index is 13.0. The smallest absolute Gasteiger partial charge is 0.258 e. The lowest BCUT2D eigenvalue weighted by molar-refractivity contribution is -0.128. The second-order valence-corrected chi connectivity index (χ2v) is 6.83. The van der Waals surface area contributed by atoms with Crippen LogP contribution in [0, 0.1) is 6.92 Å². The molecule has 144 valence electrons. The molecule has 1 unspecified atom stereocenters. The minimum atomic E-state index is -0.929. The summed E-state index contributed by atoms with van der Waals surface area (Å²) in [6, 6.07) is 15.3. The Kier molecular flexibility index (Phi) is 5.70. The van der Waals surface area contributed by atoms with Crippen LogP contribution in [0.5, 0.6) is 0 Å². The molecule has 1 atom stereocenters. The van der Waals surface area contributed by atoms with Crippen LogP contribution in [0.1, 0.15) is 18.9 Å². The van der Waals surface area contributed by atoms with E-state index in [1.807, 2.05) is 25.1 Å². The van der Waals surface area contributed by atoms with Crippen molar-refractivity contribution >= 4 is 46.4 Å². The normalized spacial score (nSPS) is 16.3. The van der Waals surface area contributed by atoms with Crippen LogP contribution in [-0.2, 0) is 14.4 Å². The number of carbonyl (C=O) groups excluding carboxylic acids is 3. The number of anilines is 2. The van der Waals surface area contributed by atoms with Gasteiger partial charge in [0.1, 0.15) is 6.04 Å². The van der Waals surface area contributed by atoms with Crippen LogP contribution in [0.3, 0.4) is 0 Å². The average Bonchev–Trinajstić information content (AvgIpc) is 2.88. The molecule has 2 aromatic carbocycles. The van der Waals surface area contributed by atoms with Gasteiger partial charge in [0.25, 0.3) is 5.91 Å². The van der Waals surface area contributed by atoms with E-state index in [-0.39, 0.29) is 29.3 Å². The predicted octanol–water partition coefficient (Wildman–Crippen LogP) is 2.38. The summed E-state index contributed by atoms with van der Waals surface area (Å²) < 4.78 is 0. The number of nitrogens with zero attached hydrogens (tertiary/aromatic N) is 2. The van der Waals surface area contributed by atoms with Crippen molar-refractivity contribution in [3.05, 3.63) is 60.2 Å². The van der Waals surface area contributed by atoms with Gasteiger partial charge in [0.2, 0.25) is 16.9 Å². The number of benzene rings is 2. The molecule has 0 bridgehead atoms. The van der Waals surface area contributed by atoms with Crippen molar-refractivity contribution < 1.29 is 14.4 Å². The zero-order valence-corrected chi connectivity index (χ0v) is 16.3. The highest BCUT2D eigenvalue weighted by Crippen LogP contribution is 2.26. The van der Waals surface area contributed by atoms with Crippen molar-refractivity contribution in [1.29, 1.82) is 0 Å². The van der Waals surface area contributed by atoms with E-state index in [0.29, 0.717) is 11.4 Å². The fourth-order valence-electron chi connectivity index (χ4n) is 2.91. The van der Waals surface area contributed by atoms with Gasteiger partial charge in [-0.2, -0.15) is 0 Å². The van der Waals surface area contributed by atoms with E-state index in [4.69, 9.17) is 12.2 Å². The minimum absolute atomic E-state index is 0.125. The molecule has 0 aliphatic carbocycles. The van der Waals surface area contributed by atoms with Gasteiger partial charge in [-0.25, -0.2) is 5.01 Å². The van der Waals surface area contributed by atoms with Crippen LogP contribution in [0.25, 0.3) is 0 Å². The first kappa shape index (κ1) is 19.5. The molecule has 0 radical (unpaired) electrons. The Labute approximate surface area is 168 Å². The average molecular weight is 396 g/mol. The first-order valence-corrected chi connectivity index (χ1v) is 9.13. The van der Waals surface area contributed by atoms with E-state index in [2.05, 4.69) is 10.7 Å². The third kappa shape index (κ3) is 4.17. The summed E-state index contributed by atoms with van der Waals surface area (Å²) >= 11 is 5.40. The Morgan fingerprint density at radius 2 is 1.71 bits per heavy atom. The number of aryl methyl sites for hydroxylation is 1. The molecular weight excluding hydrogens is 376 g/mol. The molecule has 7 nitrogen and oxygen atoms in total. The third-order valence-electron chi connectivity index (χ3n) is 4.22. The van der Waals surface area contributed by atoms with Crippen molar-refractivity contribution in [1.82, 2.24) is 10.4 Å². The molecule has 2 aromatic rings. The molecule has 0 spiro atoms. The highest BCUT2D eigenvalue weighted by molar-refractivity contribution is 7.80. The van der Waals surface area contributed by atoms with Crippen molar-refractivity contribution in [3.63, 3.8) is 0 Å². The zero-order chi connectivity index (χ0) is 20.3. The predicted molar refractivity (Wildman–Crippen MR) is 110 cm³/mol. The van der Waals surface area contributed by atoms with Crippen LogP contribution in [0.4, 0.5) is 11.4 Å². The van der Waals surface area contributed by atoms with Crippen LogP contribution in [-0.4, -0.2) is 33.9 Å². The molecule has 0 aromatic heterocycles. The molecule has 0 saturated carbocycles. The zero-order valence-electron chi connectivity index (χ0n) is 15.5. The summed E-state index contributed by atoms with van der Waals surface area (Å²) in [5.41, 5.74) is 4.84. The number of carbonyl (C=O) groups is 3. The van der Waals surface area contributed by atoms with Crippen molar-refractivity contribution in [2.45, 2.75) is 26.3 Å². The van der Waals surface area contributed by atoms with Crippen LogP contribution in [0.15, 0.2) is 54.6 Å². The summed E-state index contributed by atoms with van der Waals surface area (Å²) in [4.78, 5) is 38.5. The van der Waals surface area contributed by atoms with E-state index in [9.17, 15) is 14.4 Å². The van der Waals surface area contributed by atoms with Gasteiger partial charge in [-0.3, -0.25) is 24.7 Å². The number of rotatable bonds is 5. The van der Waals surface area contributed by atoms with Crippen molar-refractivity contribution in [2.75, 3.05) is 10.2 Å². The quantitative estimate of drug-likeness (QED) is 0.759. The summed E-state index contributed by atoms with van der Waals surface area (Å²) in [7, 11) is 0. The molecule has 1 aliphatic heterocycles. The molecule has 1 fully saturated rings. The van der Waals surface area contributed by atoms with Crippen molar-refractivity contribution in [3.8, 4) is 0 Å². The van der Waals surface area contributed by atoms with E-state index < -0.39 is 6.04 Å². The van der Waals surface area contributed by atoms with Gasteiger partial charge in [-0.15, -0.1) is 0 Å². The monoisotopic (exact) mass is 396 g/mol. The Balaban J connectivity index is 1.81. The van der Waals surface area contributed by atoms with Crippen LogP contribution in [0.2, 0.25) is 0 Å². The van der Waals surface area contributed by atoms with E-state index in [1.54, 1.807) is 36.4 Å². The van der Waals surface area contributed by atoms with E-state index in [0.717, 1.165) is 5.56 Å². The fourth-order valence-corrected chi connectivity index (χ4v) is 3.28. The number of para-hydroxylation sites is 1. The summed E-state index contributed by atoms with van der Waals surface area (Å²) in [6.45, 7) is 3.27. The number of amides is 3. The highest BCUT2D eigenvalue weighted by atomic mass is 32.1. The molecule has 2 N–H and O–H groups in total. The third-order valence-corrected chi connectivity index (χ3v) is 4.60. The lowest BCUT2D eigenvalue weighted by atomic mass is 10.1. The number of hydrogen-bond acceptors (Lipinski definition) is 4. The van der Waals surface area contributed by atoms with Gasteiger partial charge >= 0.3 is 0 Å². The summed E-state index contributed by atoms with van der Waals surface area (Å²) in [5, 5.41) is 4.17. The van der Waals surface area contributed by atoms with Gasteiger partial charge in [0.15, 0.2) is 0 Å². The minimum Gasteiger partial charge on any atom is -0.326 e. The molecule has 1 aliphatic rings. The topological polar surface area (TPSA) is 81.8 Å². The molecule has 28 heavy (non-hydrogen) atoms. The van der Waals surface area contributed by atoms with Crippen LogP contribution >= 0.6 is 12.2 Å². The lowest BCUT2D eigenvalue weighted by Gasteiger charge is -2.23. The number of hydrogen-bond donors (Lipinski definition) is 2. The van der Waals surface area contributed by atoms with Crippen molar-refractivity contribution in [2.24, 2.45) is 0 Å². The molecule has 1 saturated heterocycles. The van der Waals surface area contributed by atoms with Gasteiger partial charge in [-0.1, -0.05) is 35.9 Å². The van der Waals surface area contributed by atoms with Gasteiger partial charge < -0.3 is 5.32 Å². The maximum atomic E-state index is 13.0. The summed E-state index contributed by atoms with van der Waals surface area (Å²) in [6.07, 6.45) is -0.156. The number of thiocarbonyl (C=S) groups is 1. The molecular formula is C20H20N4O3S. The Bertz CT molecular complexity index is 915. The Morgan fingerprint density at radius 1 is 1.07 bits per heavy atom. The van der Waals surface area contributed by atoms with E-state index in [1.165, 1.54) is 16.8 Å².